The highest BCUT2D eigenvalue weighted by Crippen LogP contribution is 2.39. The highest BCUT2D eigenvalue weighted by Gasteiger charge is 2.43. The van der Waals surface area contributed by atoms with Crippen molar-refractivity contribution in [3.63, 3.8) is 0 Å². The molecule has 31 heavy (non-hydrogen) atoms. The molecule has 0 spiro atoms. The molecule has 4 rings (SSSR count). The number of hydrogen-bond acceptors (Lipinski definition) is 6. The van der Waals surface area contributed by atoms with Crippen molar-refractivity contribution in [3.05, 3.63) is 69.9 Å². The molecule has 1 saturated heterocycles. The van der Waals surface area contributed by atoms with Gasteiger partial charge in [0.05, 0.1) is 23.3 Å². The highest BCUT2D eigenvalue weighted by molar-refractivity contribution is 6.45. The van der Waals surface area contributed by atoms with Crippen LogP contribution in [0, 0.1) is 16.0 Å². The van der Waals surface area contributed by atoms with Gasteiger partial charge in [-0.3, -0.25) is 19.7 Å². The van der Waals surface area contributed by atoms with Gasteiger partial charge in [0, 0.05) is 25.2 Å². The van der Waals surface area contributed by atoms with Crippen LogP contribution < -0.4 is 9.64 Å². The van der Waals surface area contributed by atoms with Gasteiger partial charge in [-0.1, -0.05) is 19.1 Å². The van der Waals surface area contributed by atoms with E-state index in [2.05, 4.69) is 6.92 Å². The summed E-state index contributed by atoms with van der Waals surface area (Å²) in [4.78, 5) is 40.8. The molecule has 0 aromatic heterocycles. The van der Waals surface area contributed by atoms with Crippen LogP contribution in [0.25, 0.3) is 5.57 Å². The number of imide groups is 1. The average Bonchev–Trinajstić information content (AvgIpc) is 3.04. The lowest BCUT2D eigenvalue weighted by molar-refractivity contribution is -0.384. The summed E-state index contributed by atoms with van der Waals surface area (Å²) in [5.74, 6) is 0.104. The number of nitro benzene ring substituents is 1. The molecule has 0 unspecified atom stereocenters. The van der Waals surface area contributed by atoms with Gasteiger partial charge in [0.1, 0.15) is 11.4 Å². The number of benzene rings is 2. The number of non-ortho nitro benzene ring substituents is 1. The number of anilines is 1. The Balaban J connectivity index is 1.82. The zero-order chi connectivity index (χ0) is 22.1. The summed E-state index contributed by atoms with van der Waals surface area (Å²) < 4.78 is 5.38. The summed E-state index contributed by atoms with van der Waals surface area (Å²) >= 11 is 0. The second-order valence-electron chi connectivity index (χ2n) is 7.81. The van der Waals surface area contributed by atoms with E-state index < -0.39 is 16.7 Å². The van der Waals surface area contributed by atoms with Crippen LogP contribution in [-0.4, -0.2) is 41.8 Å². The van der Waals surface area contributed by atoms with Gasteiger partial charge in [-0.2, -0.15) is 0 Å². The summed E-state index contributed by atoms with van der Waals surface area (Å²) in [6.45, 7) is 3.52. The normalized spacial score (nSPS) is 17.5. The lowest BCUT2D eigenvalue weighted by Gasteiger charge is -2.32. The molecule has 2 aliphatic heterocycles. The Kier molecular flexibility index (Phi) is 5.46. The first-order chi connectivity index (χ1) is 14.9. The maximum atomic E-state index is 13.6. The van der Waals surface area contributed by atoms with Crippen molar-refractivity contribution in [1.82, 2.24) is 4.90 Å². The Bertz CT molecular complexity index is 1070. The average molecular weight is 421 g/mol. The van der Waals surface area contributed by atoms with E-state index in [9.17, 15) is 19.7 Å². The SMILES string of the molecule is COc1ccccc1N1C(=O)C(c2ccc([N+](=O)[O-])cc2)=C(N2CCC(C)CC2)C1=O. The number of para-hydroxylation sites is 2. The van der Waals surface area contributed by atoms with Gasteiger partial charge in [0.15, 0.2) is 0 Å². The largest absolute Gasteiger partial charge is 0.495 e. The van der Waals surface area contributed by atoms with Crippen LogP contribution in [0.4, 0.5) is 11.4 Å². The summed E-state index contributed by atoms with van der Waals surface area (Å²) in [6, 6.07) is 12.6. The van der Waals surface area contributed by atoms with Gasteiger partial charge in [0.2, 0.25) is 0 Å². The number of nitrogens with zero attached hydrogens (tertiary/aromatic N) is 3. The minimum absolute atomic E-state index is 0.0731. The molecule has 0 bridgehead atoms. The van der Waals surface area contributed by atoms with Gasteiger partial charge >= 0.3 is 0 Å². The second-order valence-corrected chi connectivity index (χ2v) is 7.81. The van der Waals surface area contributed by atoms with Gasteiger partial charge in [0.25, 0.3) is 17.5 Å². The molecule has 8 nitrogen and oxygen atoms in total. The summed E-state index contributed by atoms with van der Waals surface area (Å²) in [7, 11) is 1.49. The van der Waals surface area contributed by atoms with E-state index in [0.717, 1.165) is 17.7 Å². The number of carbonyl (C=O) groups is 2. The molecule has 0 N–H and O–H groups in total. The second kappa shape index (κ2) is 8.22. The number of ether oxygens (including phenoxy) is 1. The molecular weight excluding hydrogens is 398 g/mol. The van der Waals surface area contributed by atoms with Crippen LogP contribution in [0.1, 0.15) is 25.3 Å². The Hall–Kier alpha value is -3.68. The molecule has 8 heteroatoms. The number of methoxy groups -OCH3 is 1. The van der Waals surface area contributed by atoms with Crippen molar-refractivity contribution in [2.45, 2.75) is 19.8 Å². The van der Waals surface area contributed by atoms with Crippen LogP contribution >= 0.6 is 0 Å². The first kappa shape index (κ1) is 20.6. The molecule has 2 aromatic rings. The van der Waals surface area contributed by atoms with Crippen molar-refractivity contribution >= 4 is 28.8 Å². The fourth-order valence-corrected chi connectivity index (χ4v) is 4.09. The smallest absolute Gasteiger partial charge is 0.282 e. The van der Waals surface area contributed by atoms with E-state index in [1.807, 2.05) is 4.90 Å². The quantitative estimate of drug-likeness (QED) is 0.416. The molecule has 0 atom stereocenters. The number of piperidine rings is 1. The molecule has 160 valence electrons. The lowest BCUT2D eigenvalue weighted by Crippen LogP contribution is -2.38. The number of rotatable bonds is 5. The molecule has 2 aliphatic rings. The minimum atomic E-state index is -0.492. The Labute approximate surface area is 179 Å². The van der Waals surface area contributed by atoms with Gasteiger partial charge < -0.3 is 9.64 Å². The summed E-state index contributed by atoms with van der Waals surface area (Å²) in [6.07, 6.45) is 1.85. The van der Waals surface area contributed by atoms with E-state index in [1.54, 1.807) is 24.3 Å². The molecule has 0 saturated carbocycles. The molecule has 0 radical (unpaired) electrons. The van der Waals surface area contributed by atoms with Crippen LogP contribution in [0.5, 0.6) is 5.75 Å². The minimum Gasteiger partial charge on any atom is -0.495 e. The van der Waals surface area contributed by atoms with E-state index in [0.29, 0.717) is 41.7 Å². The first-order valence-corrected chi connectivity index (χ1v) is 10.2. The van der Waals surface area contributed by atoms with Gasteiger partial charge in [-0.25, -0.2) is 4.90 Å². The van der Waals surface area contributed by atoms with Gasteiger partial charge in [-0.15, -0.1) is 0 Å². The van der Waals surface area contributed by atoms with E-state index >= 15 is 0 Å². The third kappa shape index (κ3) is 3.65. The summed E-state index contributed by atoms with van der Waals surface area (Å²) in [5.41, 5.74) is 1.39. The molecule has 1 fully saturated rings. The standard InChI is InChI=1S/C23H23N3O5/c1-15-11-13-24(14-12-15)21-20(16-7-9-17(10-8-16)26(29)30)22(27)25(23(21)28)18-5-3-4-6-19(18)31-2/h3-10,15H,11-14H2,1-2H3. The van der Waals surface area contributed by atoms with E-state index in [1.165, 1.54) is 31.4 Å². The number of likely N-dealkylation sites (tertiary alicyclic amines) is 1. The summed E-state index contributed by atoms with van der Waals surface area (Å²) in [5, 5.41) is 11.0. The lowest BCUT2D eigenvalue weighted by atomic mass is 9.97. The first-order valence-electron chi connectivity index (χ1n) is 10.2. The fourth-order valence-electron chi connectivity index (χ4n) is 4.09. The van der Waals surface area contributed by atoms with Crippen LogP contribution in [0.3, 0.4) is 0 Å². The number of amides is 2. The van der Waals surface area contributed by atoms with Crippen LogP contribution in [-0.2, 0) is 9.59 Å². The maximum Gasteiger partial charge on any atom is 0.282 e. The van der Waals surface area contributed by atoms with Crippen molar-refractivity contribution in [1.29, 1.82) is 0 Å². The van der Waals surface area contributed by atoms with Crippen molar-refractivity contribution in [3.8, 4) is 5.75 Å². The monoisotopic (exact) mass is 421 g/mol. The van der Waals surface area contributed by atoms with Gasteiger partial charge in [-0.05, 0) is 48.6 Å². The van der Waals surface area contributed by atoms with Crippen molar-refractivity contribution < 1.29 is 19.2 Å². The predicted molar refractivity (Wildman–Crippen MR) is 115 cm³/mol. The molecule has 2 aromatic carbocycles. The fraction of sp³-hybridized carbons (Fsp3) is 0.304. The molecule has 2 amide bonds. The molecular formula is C23H23N3O5. The highest BCUT2D eigenvalue weighted by atomic mass is 16.6. The predicted octanol–water partition coefficient (Wildman–Crippen LogP) is 3.62. The maximum absolute atomic E-state index is 13.6. The number of hydrogen-bond donors (Lipinski definition) is 0. The van der Waals surface area contributed by atoms with Crippen molar-refractivity contribution in [2.24, 2.45) is 5.92 Å². The topological polar surface area (TPSA) is 93.0 Å². The van der Waals surface area contributed by atoms with E-state index in [-0.39, 0.29) is 11.3 Å². The third-order valence-electron chi connectivity index (χ3n) is 5.85. The van der Waals surface area contributed by atoms with Crippen molar-refractivity contribution in [2.75, 3.05) is 25.1 Å². The van der Waals surface area contributed by atoms with E-state index in [4.69, 9.17) is 4.74 Å². The third-order valence-corrected chi connectivity index (χ3v) is 5.85. The Morgan fingerprint density at radius 3 is 2.26 bits per heavy atom. The Morgan fingerprint density at radius 1 is 1.00 bits per heavy atom. The Morgan fingerprint density at radius 2 is 1.65 bits per heavy atom. The van der Waals surface area contributed by atoms with Crippen LogP contribution in [0.2, 0.25) is 0 Å². The number of carbonyl (C=O) groups excluding carboxylic acids is 2. The van der Waals surface area contributed by atoms with Crippen LogP contribution in [0.15, 0.2) is 54.2 Å². The zero-order valence-electron chi connectivity index (χ0n) is 17.4. The molecule has 0 aliphatic carbocycles. The number of nitro groups is 1. The molecule has 2 heterocycles. The zero-order valence-corrected chi connectivity index (χ0v) is 17.4.